The fraction of sp³-hybridized carbons (Fsp3) is 0.273. The van der Waals surface area contributed by atoms with E-state index in [1.54, 1.807) is 18.2 Å². The van der Waals surface area contributed by atoms with Crippen LogP contribution in [0.4, 0.5) is 0 Å². The maximum absolute atomic E-state index is 11.4. The summed E-state index contributed by atoms with van der Waals surface area (Å²) in [5.41, 5.74) is 1.05. The van der Waals surface area contributed by atoms with Crippen molar-refractivity contribution in [3.05, 3.63) is 41.8 Å². The van der Waals surface area contributed by atoms with Crippen molar-refractivity contribution in [1.29, 1.82) is 0 Å². The third-order valence-electron chi connectivity index (χ3n) is 1.99. The Morgan fingerprint density at radius 1 is 1.43 bits per heavy atom. The highest BCUT2D eigenvalue weighted by atomic mass is 32.2. The Morgan fingerprint density at radius 2 is 2.14 bits per heavy atom. The average molecular weight is 210 g/mol. The molecule has 0 fully saturated rings. The Labute approximate surface area is 85.2 Å². The molecule has 76 valence electrons. The van der Waals surface area contributed by atoms with Gasteiger partial charge in [-0.3, -0.25) is 0 Å². The molecule has 0 spiro atoms. The maximum Gasteiger partial charge on any atom is 0.199 e. The third kappa shape index (κ3) is 2.45. The molecule has 0 heterocycles. The predicted octanol–water partition coefficient (Wildman–Crippen LogP) is 2.56. The van der Waals surface area contributed by atoms with E-state index in [0.29, 0.717) is 4.90 Å². The molecular formula is C11H14O2S. The van der Waals surface area contributed by atoms with E-state index in [0.717, 1.165) is 23.8 Å². The molecule has 0 N–H and O–H groups in total. The van der Waals surface area contributed by atoms with E-state index in [1.807, 2.05) is 6.07 Å². The van der Waals surface area contributed by atoms with Gasteiger partial charge < -0.3 is 0 Å². The lowest BCUT2D eigenvalue weighted by molar-refractivity contribution is 0.604. The number of rotatable bonds is 4. The molecule has 1 rings (SSSR count). The van der Waals surface area contributed by atoms with Crippen LogP contribution in [0.1, 0.15) is 18.9 Å². The maximum atomic E-state index is 11.4. The van der Waals surface area contributed by atoms with Gasteiger partial charge in [0.05, 0.1) is 4.90 Å². The molecular weight excluding hydrogens is 196 g/mol. The third-order valence-corrected chi connectivity index (χ3v) is 3.33. The Hall–Kier alpha value is -1.09. The van der Waals surface area contributed by atoms with Gasteiger partial charge in [0.2, 0.25) is 0 Å². The van der Waals surface area contributed by atoms with Crippen LogP contribution in [0.15, 0.2) is 41.1 Å². The van der Waals surface area contributed by atoms with E-state index in [1.165, 1.54) is 0 Å². The lowest BCUT2D eigenvalue weighted by Crippen LogP contribution is -1.96. The molecule has 0 amide bonds. The molecule has 0 saturated heterocycles. The first-order valence-electron chi connectivity index (χ1n) is 4.56. The zero-order valence-electron chi connectivity index (χ0n) is 8.23. The van der Waals surface area contributed by atoms with Crippen LogP contribution in [0.3, 0.4) is 0 Å². The molecule has 0 aliphatic heterocycles. The molecule has 2 nitrogen and oxygen atoms in total. The second-order valence-electron chi connectivity index (χ2n) is 3.11. The van der Waals surface area contributed by atoms with Crippen LogP contribution in [0.2, 0.25) is 0 Å². The first-order valence-corrected chi connectivity index (χ1v) is 6.11. The average Bonchev–Trinajstić information content (AvgIpc) is 2.19. The second kappa shape index (κ2) is 4.42. The van der Waals surface area contributed by atoms with Crippen LogP contribution in [0.25, 0.3) is 0 Å². The molecule has 0 aromatic heterocycles. The molecule has 0 atom stereocenters. The fourth-order valence-electron chi connectivity index (χ4n) is 1.26. The summed E-state index contributed by atoms with van der Waals surface area (Å²) in [5, 5.41) is 0.984. The van der Waals surface area contributed by atoms with Gasteiger partial charge in [-0.25, -0.2) is 8.42 Å². The minimum absolute atomic E-state index is 0.332. The van der Waals surface area contributed by atoms with Crippen molar-refractivity contribution < 1.29 is 8.42 Å². The molecule has 0 aliphatic carbocycles. The molecule has 1 aromatic carbocycles. The Bertz CT molecular complexity index is 419. The molecule has 0 bridgehead atoms. The van der Waals surface area contributed by atoms with Crippen molar-refractivity contribution in [3.63, 3.8) is 0 Å². The van der Waals surface area contributed by atoms with Gasteiger partial charge >= 0.3 is 0 Å². The summed E-state index contributed by atoms with van der Waals surface area (Å²) in [6, 6.07) is 7.00. The lowest BCUT2D eigenvalue weighted by Gasteiger charge is -2.02. The summed E-state index contributed by atoms with van der Waals surface area (Å²) in [7, 11) is -3.28. The van der Waals surface area contributed by atoms with Crippen LogP contribution >= 0.6 is 0 Å². The Morgan fingerprint density at radius 3 is 2.71 bits per heavy atom. The van der Waals surface area contributed by atoms with Gasteiger partial charge in [0.25, 0.3) is 0 Å². The molecule has 0 saturated carbocycles. The number of sulfone groups is 1. The summed E-state index contributed by atoms with van der Waals surface area (Å²) in [5.74, 6) is 0. The van der Waals surface area contributed by atoms with Crippen molar-refractivity contribution in [2.75, 3.05) is 0 Å². The normalized spacial score (nSPS) is 11.2. The lowest BCUT2D eigenvalue weighted by atomic mass is 10.1. The first kappa shape index (κ1) is 11.0. The van der Waals surface area contributed by atoms with Gasteiger partial charge in [-0.2, -0.15) is 0 Å². The number of hydrogen-bond acceptors (Lipinski definition) is 2. The van der Waals surface area contributed by atoms with Crippen LogP contribution < -0.4 is 0 Å². The molecule has 1 aromatic rings. The Kier molecular flexibility index (Phi) is 3.47. The van der Waals surface area contributed by atoms with Crippen LogP contribution in [-0.4, -0.2) is 8.42 Å². The number of benzene rings is 1. The van der Waals surface area contributed by atoms with Gasteiger partial charge in [0, 0.05) is 5.41 Å². The molecule has 0 unspecified atom stereocenters. The van der Waals surface area contributed by atoms with Gasteiger partial charge in [-0.1, -0.05) is 32.1 Å². The SMILES string of the molecule is C=CS(=O)(=O)c1cccc(CCC)c1. The quantitative estimate of drug-likeness (QED) is 0.765. The van der Waals surface area contributed by atoms with E-state index in [2.05, 4.69) is 13.5 Å². The second-order valence-corrected chi connectivity index (χ2v) is 5.00. The van der Waals surface area contributed by atoms with Crippen molar-refractivity contribution in [2.24, 2.45) is 0 Å². The smallest absolute Gasteiger partial charge is 0.199 e. The molecule has 14 heavy (non-hydrogen) atoms. The minimum atomic E-state index is -3.28. The molecule has 0 aliphatic rings. The standard InChI is InChI=1S/C11H14O2S/c1-3-6-10-7-5-8-11(9-10)14(12,13)4-2/h4-5,7-9H,2-3,6H2,1H3. The molecule has 3 heteroatoms. The summed E-state index contributed by atoms with van der Waals surface area (Å²) >= 11 is 0. The minimum Gasteiger partial charge on any atom is -0.219 e. The van der Waals surface area contributed by atoms with Crippen molar-refractivity contribution in [3.8, 4) is 0 Å². The number of hydrogen-bond donors (Lipinski definition) is 0. The summed E-state index contributed by atoms with van der Waals surface area (Å²) in [4.78, 5) is 0.332. The Balaban J connectivity index is 3.12. The zero-order chi connectivity index (χ0) is 10.6. The summed E-state index contributed by atoms with van der Waals surface area (Å²) < 4.78 is 22.9. The van der Waals surface area contributed by atoms with E-state index in [-0.39, 0.29) is 0 Å². The van der Waals surface area contributed by atoms with Crippen molar-refractivity contribution in [2.45, 2.75) is 24.7 Å². The van der Waals surface area contributed by atoms with Gasteiger partial charge in [0.1, 0.15) is 0 Å². The van der Waals surface area contributed by atoms with E-state index < -0.39 is 9.84 Å². The monoisotopic (exact) mass is 210 g/mol. The molecule has 0 radical (unpaired) electrons. The van der Waals surface area contributed by atoms with Gasteiger partial charge in [0.15, 0.2) is 9.84 Å². The highest BCUT2D eigenvalue weighted by molar-refractivity contribution is 7.94. The van der Waals surface area contributed by atoms with Crippen molar-refractivity contribution in [1.82, 2.24) is 0 Å². The van der Waals surface area contributed by atoms with E-state index in [9.17, 15) is 8.42 Å². The topological polar surface area (TPSA) is 34.1 Å². The van der Waals surface area contributed by atoms with Gasteiger partial charge in [-0.15, -0.1) is 0 Å². The summed E-state index contributed by atoms with van der Waals surface area (Å²) in [6.07, 6.45) is 1.91. The largest absolute Gasteiger partial charge is 0.219 e. The zero-order valence-corrected chi connectivity index (χ0v) is 9.05. The first-order chi connectivity index (χ1) is 6.60. The van der Waals surface area contributed by atoms with Crippen LogP contribution in [-0.2, 0) is 16.3 Å². The fourth-order valence-corrected chi connectivity index (χ4v) is 2.04. The summed E-state index contributed by atoms with van der Waals surface area (Å²) in [6.45, 7) is 5.36. The van der Waals surface area contributed by atoms with Crippen molar-refractivity contribution >= 4 is 9.84 Å². The van der Waals surface area contributed by atoms with E-state index in [4.69, 9.17) is 0 Å². The van der Waals surface area contributed by atoms with Crippen LogP contribution in [0.5, 0.6) is 0 Å². The van der Waals surface area contributed by atoms with E-state index >= 15 is 0 Å². The predicted molar refractivity (Wildman–Crippen MR) is 57.8 cm³/mol. The number of aryl methyl sites for hydroxylation is 1. The highest BCUT2D eigenvalue weighted by Gasteiger charge is 2.08. The van der Waals surface area contributed by atoms with Gasteiger partial charge in [-0.05, 0) is 24.1 Å². The van der Waals surface area contributed by atoms with Crippen LogP contribution in [0, 0.1) is 0 Å². The highest BCUT2D eigenvalue weighted by Crippen LogP contribution is 2.14.